The first-order chi connectivity index (χ1) is 9.43. The van der Waals surface area contributed by atoms with Crippen LogP contribution in [0.1, 0.15) is 0 Å². The molecule has 90 valence electrons. The largest absolute Gasteiger partial charge is 0.361 e. The number of hydrogen-bond acceptors (Lipinski definition) is 2. The number of aromatic nitrogens is 3. The summed E-state index contributed by atoms with van der Waals surface area (Å²) in [6.45, 7) is 0. The summed E-state index contributed by atoms with van der Waals surface area (Å²) < 4.78 is 0. The molecule has 0 fully saturated rings. The standard InChI is InChI=1S/C16H11N3/c1-2-4-11(5-3-1)13-8-15-14(9-17-10-19-15)16-12(13)6-7-18-16/h1-10,18H. The van der Waals surface area contributed by atoms with Crippen LogP contribution in [0, 0.1) is 0 Å². The van der Waals surface area contributed by atoms with E-state index in [1.54, 1.807) is 6.33 Å². The Bertz CT molecular complexity index is 863. The third-order valence-electron chi connectivity index (χ3n) is 3.42. The van der Waals surface area contributed by atoms with Gasteiger partial charge in [-0.2, -0.15) is 0 Å². The Morgan fingerprint density at radius 3 is 2.74 bits per heavy atom. The lowest BCUT2D eigenvalue weighted by atomic mass is 10.00. The molecule has 0 saturated carbocycles. The van der Waals surface area contributed by atoms with Crippen molar-refractivity contribution in [1.29, 1.82) is 0 Å². The molecule has 0 spiro atoms. The molecule has 0 unspecified atom stereocenters. The molecule has 2 aromatic heterocycles. The molecule has 0 radical (unpaired) electrons. The maximum absolute atomic E-state index is 4.37. The van der Waals surface area contributed by atoms with E-state index in [2.05, 4.69) is 51.4 Å². The zero-order chi connectivity index (χ0) is 12.7. The molecule has 3 nitrogen and oxygen atoms in total. The number of nitrogens with zero attached hydrogens (tertiary/aromatic N) is 2. The lowest BCUT2D eigenvalue weighted by Gasteiger charge is -2.06. The van der Waals surface area contributed by atoms with Gasteiger partial charge in [-0.3, -0.25) is 0 Å². The minimum Gasteiger partial charge on any atom is -0.361 e. The monoisotopic (exact) mass is 245 g/mol. The maximum Gasteiger partial charge on any atom is 0.116 e. The molecule has 0 aliphatic heterocycles. The van der Waals surface area contributed by atoms with E-state index in [9.17, 15) is 0 Å². The van der Waals surface area contributed by atoms with E-state index in [1.807, 2.05) is 18.5 Å². The van der Waals surface area contributed by atoms with Gasteiger partial charge in [0.05, 0.1) is 11.0 Å². The molecule has 0 aliphatic carbocycles. The predicted molar refractivity (Wildman–Crippen MR) is 76.8 cm³/mol. The number of rotatable bonds is 1. The van der Waals surface area contributed by atoms with E-state index in [4.69, 9.17) is 0 Å². The van der Waals surface area contributed by atoms with E-state index < -0.39 is 0 Å². The summed E-state index contributed by atoms with van der Waals surface area (Å²) >= 11 is 0. The Kier molecular flexibility index (Phi) is 2.12. The summed E-state index contributed by atoms with van der Waals surface area (Å²) in [7, 11) is 0. The van der Waals surface area contributed by atoms with E-state index in [1.165, 1.54) is 16.5 Å². The molecule has 0 bridgehead atoms. The molecule has 4 rings (SSSR count). The number of fused-ring (bicyclic) bond motifs is 3. The van der Waals surface area contributed by atoms with Crippen LogP contribution < -0.4 is 0 Å². The second-order valence-electron chi connectivity index (χ2n) is 4.51. The Labute approximate surface area is 110 Å². The van der Waals surface area contributed by atoms with Crippen molar-refractivity contribution < 1.29 is 0 Å². The van der Waals surface area contributed by atoms with Gasteiger partial charge in [-0.05, 0) is 23.3 Å². The number of hydrogen-bond donors (Lipinski definition) is 1. The summed E-state index contributed by atoms with van der Waals surface area (Å²) in [5.74, 6) is 0. The van der Waals surface area contributed by atoms with Gasteiger partial charge in [0.15, 0.2) is 0 Å². The quantitative estimate of drug-likeness (QED) is 0.554. The summed E-state index contributed by atoms with van der Waals surface area (Å²) in [4.78, 5) is 11.8. The second-order valence-corrected chi connectivity index (χ2v) is 4.51. The van der Waals surface area contributed by atoms with Crippen molar-refractivity contribution in [1.82, 2.24) is 15.0 Å². The minimum absolute atomic E-state index is 0.962. The van der Waals surface area contributed by atoms with Crippen LogP contribution in [0.2, 0.25) is 0 Å². The highest BCUT2D eigenvalue weighted by Crippen LogP contribution is 2.32. The molecule has 2 aromatic carbocycles. The summed E-state index contributed by atoms with van der Waals surface area (Å²) in [5.41, 5.74) is 4.46. The average molecular weight is 245 g/mol. The van der Waals surface area contributed by atoms with Gasteiger partial charge in [-0.15, -0.1) is 0 Å². The number of aromatic amines is 1. The van der Waals surface area contributed by atoms with Crippen molar-refractivity contribution in [3.63, 3.8) is 0 Å². The Morgan fingerprint density at radius 1 is 0.947 bits per heavy atom. The Morgan fingerprint density at radius 2 is 1.84 bits per heavy atom. The molecule has 0 aliphatic rings. The van der Waals surface area contributed by atoms with Gasteiger partial charge < -0.3 is 4.98 Å². The average Bonchev–Trinajstić information content (AvgIpc) is 2.97. The molecule has 0 atom stereocenters. The second kappa shape index (κ2) is 3.92. The summed E-state index contributed by atoms with van der Waals surface area (Å²) in [5, 5.41) is 2.26. The van der Waals surface area contributed by atoms with Crippen LogP contribution in [-0.4, -0.2) is 15.0 Å². The molecule has 19 heavy (non-hydrogen) atoms. The number of benzene rings is 2. The third-order valence-corrected chi connectivity index (χ3v) is 3.42. The van der Waals surface area contributed by atoms with Gasteiger partial charge in [-0.1, -0.05) is 30.3 Å². The van der Waals surface area contributed by atoms with Crippen molar-refractivity contribution in [3.8, 4) is 11.1 Å². The van der Waals surface area contributed by atoms with Gasteiger partial charge in [0.1, 0.15) is 6.33 Å². The van der Waals surface area contributed by atoms with Crippen molar-refractivity contribution in [2.45, 2.75) is 0 Å². The molecule has 0 amide bonds. The first kappa shape index (κ1) is 10.3. The van der Waals surface area contributed by atoms with Crippen LogP contribution in [0.25, 0.3) is 32.9 Å². The van der Waals surface area contributed by atoms with Gasteiger partial charge in [0.25, 0.3) is 0 Å². The van der Waals surface area contributed by atoms with Crippen LogP contribution in [-0.2, 0) is 0 Å². The van der Waals surface area contributed by atoms with E-state index >= 15 is 0 Å². The maximum atomic E-state index is 4.37. The normalized spacial score (nSPS) is 11.2. The highest BCUT2D eigenvalue weighted by molar-refractivity contribution is 6.10. The topological polar surface area (TPSA) is 41.6 Å². The fourth-order valence-corrected chi connectivity index (χ4v) is 2.53. The van der Waals surface area contributed by atoms with Crippen LogP contribution in [0.15, 0.2) is 61.2 Å². The van der Waals surface area contributed by atoms with Gasteiger partial charge in [0.2, 0.25) is 0 Å². The molecule has 3 heteroatoms. The molecular weight excluding hydrogens is 234 g/mol. The fraction of sp³-hybridized carbons (Fsp3) is 0. The lowest BCUT2D eigenvalue weighted by molar-refractivity contribution is 1.22. The fourth-order valence-electron chi connectivity index (χ4n) is 2.53. The van der Waals surface area contributed by atoms with E-state index in [0.29, 0.717) is 0 Å². The highest BCUT2D eigenvalue weighted by Gasteiger charge is 2.09. The van der Waals surface area contributed by atoms with Crippen molar-refractivity contribution in [2.24, 2.45) is 0 Å². The Hall–Kier alpha value is -2.68. The van der Waals surface area contributed by atoms with Crippen molar-refractivity contribution in [3.05, 3.63) is 61.2 Å². The highest BCUT2D eigenvalue weighted by atomic mass is 14.8. The van der Waals surface area contributed by atoms with Crippen LogP contribution in [0.3, 0.4) is 0 Å². The number of nitrogens with one attached hydrogen (secondary N) is 1. The van der Waals surface area contributed by atoms with Crippen LogP contribution >= 0.6 is 0 Å². The predicted octanol–water partition coefficient (Wildman–Crippen LogP) is 3.78. The van der Waals surface area contributed by atoms with Crippen molar-refractivity contribution >= 4 is 21.8 Å². The Balaban J connectivity index is 2.17. The van der Waals surface area contributed by atoms with Crippen LogP contribution in [0.5, 0.6) is 0 Å². The first-order valence-corrected chi connectivity index (χ1v) is 6.19. The molecule has 2 heterocycles. The summed E-state index contributed by atoms with van der Waals surface area (Å²) in [6, 6.07) is 14.6. The van der Waals surface area contributed by atoms with Gasteiger partial charge in [-0.25, -0.2) is 9.97 Å². The zero-order valence-corrected chi connectivity index (χ0v) is 10.2. The SMILES string of the molecule is c1ccc(-c2cc3ncncc3c3[nH]ccc23)cc1. The molecule has 1 N–H and O–H groups in total. The molecule has 0 saturated heterocycles. The first-order valence-electron chi connectivity index (χ1n) is 6.19. The molecule has 4 aromatic rings. The van der Waals surface area contributed by atoms with Gasteiger partial charge >= 0.3 is 0 Å². The third kappa shape index (κ3) is 1.52. The van der Waals surface area contributed by atoms with Crippen molar-refractivity contribution in [2.75, 3.05) is 0 Å². The molecular formula is C16H11N3. The lowest BCUT2D eigenvalue weighted by Crippen LogP contribution is -1.86. The van der Waals surface area contributed by atoms with Gasteiger partial charge in [0, 0.05) is 23.2 Å². The summed E-state index contributed by atoms with van der Waals surface area (Å²) in [6.07, 6.45) is 5.41. The zero-order valence-electron chi connectivity index (χ0n) is 10.2. The minimum atomic E-state index is 0.962. The van der Waals surface area contributed by atoms with Crippen LogP contribution in [0.4, 0.5) is 0 Å². The van der Waals surface area contributed by atoms with E-state index in [0.717, 1.165) is 16.4 Å². The smallest absolute Gasteiger partial charge is 0.116 e. The van der Waals surface area contributed by atoms with E-state index in [-0.39, 0.29) is 0 Å². The number of H-pyrrole nitrogens is 1.